The molecule has 0 aliphatic carbocycles. The number of amides is 1. The van der Waals surface area contributed by atoms with E-state index in [9.17, 15) is 9.90 Å². The van der Waals surface area contributed by atoms with Crippen LogP contribution < -0.4 is 5.32 Å². The average molecular weight is 217 g/mol. The molecular formula is C10H19NO4. The number of nitrogens with one attached hydrogen (secondary N) is 1. The minimum Gasteiger partial charge on any atom is -0.389 e. The molecule has 2 unspecified atom stereocenters. The van der Waals surface area contributed by atoms with Crippen LogP contribution in [0, 0.1) is 0 Å². The van der Waals surface area contributed by atoms with Crippen molar-refractivity contribution in [3.05, 3.63) is 0 Å². The number of aliphatic hydroxyl groups is 1. The maximum atomic E-state index is 11.5. The van der Waals surface area contributed by atoms with Crippen LogP contribution in [0.1, 0.15) is 19.3 Å². The van der Waals surface area contributed by atoms with Crippen LogP contribution in [0.5, 0.6) is 0 Å². The van der Waals surface area contributed by atoms with Gasteiger partial charge in [0.2, 0.25) is 5.91 Å². The summed E-state index contributed by atoms with van der Waals surface area (Å²) in [6, 6.07) is 0. The molecule has 1 fully saturated rings. The van der Waals surface area contributed by atoms with E-state index in [1.807, 2.05) is 0 Å². The first-order chi connectivity index (χ1) is 7.24. The van der Waals surface area contributed by atoms with E-state index in [4.69, 9.17) is 9.47 Å². The van der Waals surface area contributed by atoms with Crippen LogP contribution in [0.4, 0.5) is 0 Å². The fourth-order valence-electron chi connectivity index (χ4n) is 1.53. The minimum atomic E-state index is -0.650. The zero-order valence-electron chi connectivity index (χ0n) is 9.07. The van der Waals surface area contributed by atoms with Gasteiger partial charge in [-0.2, -0.15) is 0 Å². The molecule has 2 atom stereocenters. The molecule has 1 heterocycles. The van der Waals surface area contributed by atoms with Crippen LogP contribution in [-0.4, -0.2) is 50.1 Å². The van der Waals surface area contributed by atoms with Crippen LogP contribution in [-0.2, 0) is 14.3 Å². The van der Waals surface area contributed by atoms with Gasteiger partial charge in [-0.05, 0) is 19.3 Å². The van der Waals surface area contributed by atoms with Gasteiger partial charge >= 0.3 is 0 Å². The van der Waals surface area contributed by atoms with E-state index in [1.54, 1.807) is 0 Å². The summed E-state index contributed by atoms with van der Waals surface area (Å²) in [7, 11) is 1.51. The molecule has 0 bridgehead atoms. The van der Waals surface area contributed by atoms with Crippen LogP contribution >= 0.6 is 0 Å². The van der Waals surface area contributed by atoms with Gasteiger partial charge in [-0.1, -0.05) is 0 Å². The fourth-order valence-corrected chi connectivity index (χ4v) is 1.53. The SMILES string of the molecule is COCC(O)CNC(=O)C1CCCCO1. The molecule has 0 aromatic rings. The van der Waals surface area contributed by atoms with Gasteiger partial charge in [-0.25, -0.2) is 0 Å². The minimum absolute atomic E-state index is 0.134. The maximum absolute atomic E-state index is 11.5. The second kappa shape index (κ2) is 6.76. The number of ether oxygens (including phenoxy) is 2. The lowest BCUT2D eigenvalue weighted by molar-refractivity contribution is -0.136. The van der Waals surface area contributed by atoms with Crippen molar-refractivity contribution in [2.75, 3.05) is 26.9 Å². The molecule has 0 radical (unpaired) electrons. The Morgan fingerprint density at radius 2 is 2.47 bits per heavy atom. The largest absolute Gasteiger partial charge is 0.389 e. The summed E-state index contributed by atoms with van der Waals surface area (Å²) in [5.41, 5.74) is 0. The average Bonchev–Trinajstić information content (AvgIpc) is 2.27. The summed E-state index contributed by atoms with van der Waals surface area (Å²) < 4.78 is 10.1. The molecule has 0 spiro atoms. The highest BCUT2D eigenvalue weighted by atomic mass is 16.5. The van der Waals surface area contributed by atoms with Crippen molar-refractivity contribution >= 4 is 5.91 Å². The van der Waals surface area contributed by atoms with Crippen molar-refractivity contribution in [1.29, 1.82) is 0 Å². The van der Waals surface area contributed by atoms with Gasteiger partial charge in [-0.3, -0.25) is 4.79 Å². The second-order valence-electron chi connectivity index (χ2n) is 3.71. The molecule has 1 rings (SSSR count). The number of aliphatic hydroxyl groups excluding tert-OH is 1. The summed E-state index contributed by atoms with van der Waals surface area (Å²) in [4.78, 5) is 11.5. The van der Waals surface area contributed by atoms with Gasteiger partial charge in [0.05, 0.1) is 12.7 Å². The summed E-state index contributed by atoms with van der Waals surface area (Å²) in [6.07, 6.45) is 1.83. The van der Waals surface area contributed by atoms with E-state index in [0.29, 0.717) is 6.61 Å². The number of carbonyl (C=O) groups excluding carboxylic acids is 1. The van der Waals surface area contributed by atoms with Crippen molar-refractivity contribution in [3.63, 3.8) is 0 Å². The number of methoxy groups -OCH3 is 1. The Morgan fingerprint density at radius 1 is 1.67 bits per heavy atom. The number of rotatable bonds is 5. The molecule has 1 saturated heterocycles. The standard InChI is InChI=1S/C10H19NO4/c1-14-7-8(12)6-11-10(13)9-4-2-3-5-15-9/h8-9,12H,2-7H2,1H3,(H,11,13). The molecule has 5 heteroatoms. The maximum Gasteiger partial charge on any atom is 0.249 e. The van der Waals surface area contributed by atoms with Crippen molar-refractivity contribution in [2.45, 2.75) is 31.5 Å². The zero-order valence-corrected chi connectivity index (χ0v) is 9.07. The molecule has 1 aliphatic heterocycles. The first-order valence-electron chi connectivity index (χ1n) is 5.30. The fraction of sp³-hybridized carbons (Fsp3) is 0.900. The quantitative estimate of drug-likeness (QED) is 0.662. The van der Waals surface area contributed by atoms with E-state index < -0.39 is 6.10 Å². The molecule has 15 heavy (non-hydrogen) atoms. The van der Waals surface area contributed by atoms with Crippen LogP contribution in [0.2, 0.25) is 0 Å². The molecule has 0 aromatic carbocycles. The lowest BCUT2D eigenvalue weighted by Crippen LogP contribution is -2.42. The molecule has 0 saturated carbocycles. The predicted molar refractivity (Wildman–Crippen MR) is 54.5 cm³/mol. The van der Waals surface area contributed by atoms with Crippen molar-refractivity contribution in [2.24, 2.45) is 0 Å². The van der Waals surface area contributed by atoms with E-state index in [2.05, 4.69) is 5.32 Å². The molecule has 1 amide bonds. The van der Waals surface area contributed by atoms with E-state index >= 15 is 0 Å². The highest BCUT2D eigenvalue weighted by molar-refractivity contribution is 5.80. The van der Waals surface area contributed by atoms with Gasteiger partial charge in [0.1, 0.15) is 6.10 Å². The summed E-state index contributed by atoms with van der Waals surface area (Å²) in [5, 5.41) is 12.0. The molecular weight excluding hydrogens is 198 g/mol. The lowest BCUT2D eigenvalue weighted by Gasteiger charge is -2.22. The smallest absolute Gasteiger partial charge is 0.249 e. The van der Waals surface area contributed by atoms with Gasteiger partial charge < -0.3 is 19.9 Å². The highest BCUT2D eigenvalue weighted by Crippen LogP contribution is 2.12. The molecule has 2 N–H and O–H groups in total. The van der Waals surface area contributed by atoms with Gasteiger partial charge in [-0.15, -0.1) is 0 Å². The van der Waals surface area contributed by atoms with Gasteiger partial charge in [0.25, 0.3) is 0 Å². The van der Waals surface area contributed by atoms with E-state index in [0.717, 1.165) is 19.3 Å². The Labute approximate surface area is 89.8 Å². The van der Waals surface area contributed by atoms with Crippen molar-refractivity contribution in [3.8, 4) is 0 Å². The van der Waals surface area contributed by atoms with Crippen LogP contribution in [0.15, 0.2) is 0 Å². The van der Waals surface area contributed by atoms with Crippen molar-refractivity contribution < 1.29 is 19.4 Å². The van der Waals surface area contributed by atoms with Crippen molar-refractivity contribution in [1.82, 2.24) is 5.32 Å². The van der Waals surface area contributed by atoms with Gasteiger partial charge in [0.15, 0.2) is 0 Å². The highest BCUT2D eigenvalue weighted by Gasteiger charge is 2.21. The second-order valence-corrected chi connectivity index (χ2v) is 3.71. The Balaban J connectivity index is 2.16. The zero-order chi connectivity index (χ0) is 11.1. The topological polar surface area (TPSA) is 67.8 Å². The summed E-state index contributed by atoms with van der Waals surface area (Å²) >= 11 is 0. The summed E-state index contributed by atoms with van der Waals surface area (Å²) in [6.45, 7) is 1.09. The Bertz CT molecular complexity index is 192. The molecule has 5 nitrogen and oxygen atoms in total. The Kier molecular flexibility index (Phi) is 5.60. The predicted octanol–water partition coefficient (Wildman–Crippen LogP) is -0.321. The monoisotopic (exact) mass is 217 g/mol. The number of carbonyl (C=O) groups is 1. The van der Waals surface area contributed by atoms with Crippen LogP contribution in [0.25, 0.3) is 0 Å². The first kappa shape index (κ1) is 12.4. The normalized spacial score (nSPS) is 23.5. The summed E-state index contributed by atoms with van der Waals surface area (Å²) in [5.74, 6) is -0.134. The van der Waals surface area contributed by atoms with Gasteiger partial charge in [0, 0.05) is 20.3 Å². The number of hydrogen-bond donors (Lipinski definition) is 2. The third-order valence-electron chi connectivity index (χ3n) is 2.34. The van der Waals surface area contributed by atoms with Crippen LogP contribution in [0.3, 0.4) is 0 Å². The Hall–Kier alpha value is -0.650. The van der Waals surface area contributed by atoms with E-state index in [1.165, 1.54) is 7.11 Å². The third kappa shape index (κ3) is 4.59. The third-order valence-corrected chi connectivity index (χ3v) is 2.34. The van der Waals surface area contributed by atoms with E-state index in [-0.39, 0.29) is 25.2 Å². The number of hydrogen-bond acceptors (Lipinski definition) is 4. The molecule has 88 valence electrons. The molecule has 1 aliphatic rings. The first-order valence-corrected chi connectivity index (χ1v) is 5.30. The molecule has 0 aromatic heterocycles. The lowest BCUT2D eigenvalue weighted by atomic mass is 10.1. The Morgan fingerprint density at radius 3 is 3.07 bits per heavy atom.